The van der Waals surface area contributed by atoms with Gasteiger partial charge in [0.2, 0.25) is 23.6 Å². The Hall–Kier alpha value is -6.28. The van der Waals surface area contributed by atoms with Crippen molar-refractivity contribution in [3.05, 3.63) is 126 Å². The van der Waals surface area contributed by atoms with Crippen molar-refractivity contribution in [2.24, 2.45) is 0 Å². The predicted octanol–water partition coefficient (Wildman–Crippen LogP) is 7.25. The van der Waals surface area contributed by atoms with Gasteiger partial charge in [0.15, 0.2) is 0 Å². The van der Waals surface area contributed by atoms with E-state index in [2.05, 4.69) is 30.5 Å². The number of rotatable bonds is 15. The molecule has 3 N–H and O–H groups in total. The molecule has 7 rings (SSSR count). The highest BCUT2D eigenvalue weighted by molar-refractivity contribution is 5.99. The molecule has 332 valence electrons. The summed E-state index contributed by atoms with van der Waals surface area (Å²) >= 11 is 0. The van der Waals surface area contributed by atoms with Crippen LogP contribution in [0.3, 0.4) is 0 Å². The van der Waals surface area contributed by atoms with Gasteiger partial charge in [0.1, 0.15) is 30.0 Å². The maximum absolute atomic E-state index is 14.3. The van der Waals surface area contributed by atoms with E-state index in [1.165, 1.54) is 24.1 Å². The Bertz CT molecular complexity index is 2180. The van der Waals surface area contributed by atoms with Gasteiger partial charge >= 0.3 is 6.09 Å². The van der Waals surface area contributed by atoms with Gasteiger partial charge in [-0.25, -0.2) is 9.18 Å². The van der Waals surface area contributed by atoms with E-state index in [0.29, 0.717) is 63.2 Å². The highest BCUT2D eigenvalue weighted by Crippen LogP contribution is 2.31. The molecule has 3 fully saturated rings. The van der Waals surface area contributed by atoms with Crippen molar-refractivity contribution in [3.8, 4) is 0 Å². The van der Waals surface area contributed by atoms with Crippen LogP contribution in [0.1, 0.15) is 81.0 Å². The lowest BCUT2D eigenvalue weighted by molar-refractivity contribution is -0.142. The summed E-state index contributed by atoms with van der Waals surface area (Å²) in [6.07, 6.45) is 5.49. The fraction of sp³-hybridized carbons (Fsp3) is 0.408. The first-order valence-corrected chi connectivity index (χ1v) is 22.2. The molecule has 3 unspecified atom stereocenters. The largest absolute Gasteiger partial charge is 0.453 e. The number of amides is 5. The summed E-state index contributed by atoms with van der Waals surface area (Å²) in [5.74, 6) is -1.17. The normalized spacial score (nSPS) is 18.6. The van der Waals surface area contributed by atoms with Crippen molar-refractivity contribution < 1.29 is 33.1 Å². The Kier molecular flexibility index (Phi) is 15.1. The first-order chi connectivity index (χ1) is 30.6. The van der Waals surface area contributed by atoms with Gasteiger partial charge in [0, 0.05) is 43.2 Å². The molecule has 0 aliphatic carbocycles. The number of piperidine rings is 1. The molecule has 5 amide bonds. The second-order valence-electron chi connectivity index (χ2n) is 16.6. The number of hydrogen-bond acceptors (Lipinski definition) is 8. The van der Waals surface area contributed by atoms with E-state index in [1.807, 2.05) is 78.9 Å². The number of nitrogens with one attached hydrogen (secondary N) is 3. The number of halogens is 1. The lowest BCUT2D eigenvalue weighted by Gasteiger charge is -2.37. The van der Waals surface area contributed by atoms with E-state index >= 15 is 0 Å². The van der Waals surface area contributed by atoms with Crippen molar-refractivity contribution >= 4 is 46.8 Å². The minimum absolute atomic E-state index is 0.0157. The van der Waals surface area contributed by atoms with Gasteiger partial charge in [-0.2, -0.15) is 0 Å². The van der Waals surface area contributed by atoms with Crippen molar-refractivity contribution in [1.29, 1.82) is 0 Å². The molecule has 0 saturated carbocycles. The summed E-state index contributed by atoms with van der Waals surface area (Å²) in [6, 6.07) is 28.9. The molecule has 4 aromatic rings. The number of anilines is 3. The van der Waals surface area contributed by atoms with E-state index < -0.39 is 30.3 Å². The van der Waals surface area contributed by atoms with Crippen LogP contribution in [-0.2, 0) is 37.0 Å². The second kappa shape index (κ2) is 21.2. The summed E-state index contributed by atoms with van der Waals surface area (Å²) in [4.78, 5) is 74.2. The standard InChI is InChI=1S/C49H58FN7O6/c1-3-41(53-49(62)63-2)47(60)56-30-10-14-42(56)45(58)51-38-22-16-34(17-23-38)32-55(40-26-20-37(50)21-27-40)33-35-18-24-39(25-19-35)52-46(59)43-15-11-31-57(43)48(61)44(36-12-6-4-7-13-36)54-28-8-5-9-29-54/h4,6-7,12-13,16-27,41-44H,3,5,8-11,14-15,28-33H2,1-2H3,(H,51,58)(H,52,59)(H,53,62)/t41?,42-,43?,44?/m0/s1. The zero-order chi connectivity index (χ0) is 44.3. The Morgan fingerprint density at radius 3 is 1.70 bits per heavy atom. The van der Waals surface area contributed by atoms with E-state index in [4.69, 9.17) is 0 Å². The fourth-order valence-corrected chi connectivity index (χ4v) is 8.99. The van der Waals surface area contributed by atoms with E-state index in [-0.39, 0.29) is 29.4 Å². The lowest BCUT2D eigenvalue weighted by Crippen LogP contribution is -2.52. The summed E-state index contributed by atoms with van der Waals surface area (Å²) in [5, 5.41) is 8.59. The van der Waals surface area contributed by atoms with Gasteiger partial charge in [-0.15, -0.1) is 0 Å². The molecule has 3 heterocycles. The van der Waals surface area contributed by atoms with Crippen LogP contribution in [0.15, 0.2) is 103 Å². The topological polar surface area (TPSA) is 144 Å². The maximum atomic E-state index is 14.3. The van der Waals surface area contributed by atoms with Crippen LogP contribution in [0.25, 0.3) is 0 Å². The summed E-state index contributed by atoms with van der Waals surface area (Å²) in [6.45, 7) is 5.42. The summed E-state index contributed by atoms with van der Waals surface area (Å²) in [7, 11) is 1.24. The van der Waals surface area contributed by atoms with E-state index in [9.17, 15) is 28.4 Å². The lowest BCUT2D eigenvalue weighted by atomic mass is 10.00. The number of carbonyl (C=O) groups excluding carboxylic acids is 5. The average molecular weight is 860 g/mol. The van der Waals surface area contributed by atoms with Crippen LogP contribution in [0.2, 0.25) is 0 Å². The minimum atomic E-state index is -0.789. The zero-order valence-electron chi connectivity index (χ0n) is 36.1. The molecule has 0 spiro atoms. The number of hydrogen-bond donors (Lipinski definition) is 3. The third kappa shape index (κ3) is 11.2. The first-order valence-electron chi connectivity index (χ1n) is 22.2. The van der Waals surface area contributed by atoms with Gasteiger partial charge in [0.25, 0.3) is 0 Å². The molecule has 3 saturated heterocycles. The van der Waals surface area contributed by atoms with Crippen molar-refractivity contribution in [1.82, 2.24) is 20.0 Å². The number of likely N-dealkylation sites (tertiary alicyclic amines) is 3. The quantitative estimate of drug-likeness (QED) is 0.114. The number of methoxy groups -OCH3 is 1. The fourth-order valence-electron chi connectivity index (χ4n) is 8.99. The van der Waals surface area contributed by atoms with Gasteiger partial charge in [-0.1, -0.05) is 67.9 Å². The van der Waals surface area contributed by atoms with Crippen molar-refractivity contribution in [3.63, 3.8) is 0 Å². The average Bonchev–Trinajstić information content (AvgIpc) is 4.02. The molecule has 4 aromatic carbocycles. The van der Waals surface area contributed by atoms with Crippen LogP contribution in [0.5, 0.6) is 0 Å². The number of carbonyl (C=O) groups is 5. The molecule has 3 aliphatic rings. The summed E-state index contributed by atoms with van der Waals surface area (Å²) in [5.41, 5.74) is 4.91. The Labute approximate surface area is 368 Å². The third-order valence-electron chi connectivity index (χ3n) is 12.3. The molecule has 0 bridgehead atoms. The van der Waals surface area contributed by atoms with Crippen LogP contribution in [0, 0.1) is 5.82 Å². The Morgan fingerprint density at radius 2 is 1.19 bits per heavy atom. The van der Waals surface area contributed by atoms with Crippen molar-refractivity contribution in [2.75, 3.05) is 48.8 Å². The number of benzene rings is 4. The van der Waals surface area contributed by atoms with Gasteiger partial charge in [0.05, 0.1) is 7.11 Å². The molecule has 13 nitrogen and oxygen atoms in total. The van der Waals surface area contributed by atoms with Gasteiger partial charge in [-0.05, 0) is 123 Å². The van der Waals surface area contributed by atoms with E-state index in [0.717, 1.165) is 61.2 Å². The summed E-state index contributed by atoms with van der Waals surface area (Å²) < 4.78 is 18.7. The highest BCUT2D eigenvalue weighted by Gasteiger charge is 2.40. The smallest absolute Gasteiger partial charge is 0.407 e. The maximum Gasteiger partial charge on any atom is 0.407 e. The van der Waals surface area contributed by atoms with Crippen LogP contribution < -0.4 is 20.9 Å². The minimum Gasteiger partial charge on any atom is -0.453 e. The molecular formula is C49H58FN7O6. The second-order valence-corrected chi connectivity index (χ2v) is 16.6. The molecular weight excluding hydrogens is 802 g/mol. The molecule has 0 radical (unpaired) electrons. The van der Waals surface area contributed by atoms with Gasteiger partial charge < -0.3 is 35.4 Å². The number of nitrogens with zero attached hydrogens (tertiary/aromatic N) is 4. The van der Waals surface area contributed by atoms with Crippen molar-refractivity contribution in [2.45, 2.75) is 95.5 Å². The molecule has 63 heavy (non-hydrogen) atoms. The zero-order valence-corrected chi connectivity index (χ0v) is 36.1. The molecule has 0 aromatic heterocycles. The number of ether oxygens (including phenoxy) is 1. The molecule has 14 heteroatoms. The third-order valence-corrected chi connectivity index (χ3v) is 12.3. The van der Waals surface area contributed by atoms with Crippen LogP contribution in [0.4, 0.5) is 26.2 Å². The van der Waals surface area contributed by atoms with E-state index in [1.54, 1.807) is 24.0 Å². The van der Waals surface area contributed by atoms with Crippen LogP contribution >= 0.6 is 0 Å². The highest BCUT2D eigenvalue weighted by atomic mass is 19.1. The molecule has 4 atom stereocenters. The number of alkyl carbamates (subject to hydrolysis) is 1. The Balaban J connectivity index is 0.978. The Morgan fingerprint density at radius 1 is 0.667 bits per heavy atom. The predicted molar refractivity (Wildman–Crippen MR) is 240 cm³/mol. The molecule has 3 aliphatic heterocycles. The first kappa shape index (κ1) is 44.8. The monoisotopic (exact) mass is 859 g/mol. The van der Waals surface area contributed by atoms with Crippen LogP contribution in [-0.4, -0.2) is 95.8 Å². The van der Waals surface area contributed by atoms with Gasteiger partial charge in [-0.3, -0.25) is 24.1 Å². The SMILES string of the molecule is CCC(NC(=O)OC)C(=O)N1CCC[C@H]1C(=O)Nc1ccc(CN(Cc2ccc(NC(=O)C3CCCN3C(=O)C(c3ccccc3)N3CCCCC3)cc2)c2ccc(F)cc2)cc1.